The van der Waals surface area contributed by atoms with Gasteiger partial charge in [-0.2, -0.15) is 0 Å². The molecular formula is C16H15NO3. The van der Waals surface area contributed by atoms with Gasteiger partial charge in [-0.05, 0) is 5.56 Å². The van der Waals surface area contributed by atoms with Gasteiger partial charge >= 0.3 is 0 Å². The lowest BCUT2D eigenvalue weighted by atomic mass is 9.86. The zero-order valence-corrected chi connectivity index (χ0v) is 10.8. The lowest BCUT2D eigenvalue weighted by molar-refractivity contribution is -0.131. The molecule has 0 radical (unpaired) electrons. The van der Waals surface area contributed by atoms with Crippen LogP contribution in [0.2, 0.25) is 0 Å². The van der Waals surface area contributed by atoms with Gasteiger partial charge < -0.3 is 10.8 Å². The summed E-state index contributed by atoms with van der Waals surface area (Å²) in [5.41, 5.74) is 3.93. The van der Waals surface area contributed by atoms with Gasteiger partial charge in [-0.25, -0.2) is 0 Å². The van der Waals surface area contributed by atoms with Crippen molar-refractivity contribution >= 4 is 11.7 Å². The van der Waals surface area contributed by atoms with Crippen molar-refractivity contribution in [1.82, 2.24) is 0 Å². The maximum atomic E-state index is 12.4. The molecule has 0 bridgehead atoms. The molecule has 2 rings (SSSR count). The fourth-order valence-electron chi connectivity index (χ4n) is 2.00. The van der Waals surface area contributed by atoms with Crippen LogP contribution in [0, 0.1) is 0 Å². The maximum Gasteiger partial charge on any atom is 0.257 e. The second-order valence-corrected chi connectivity index (χ2v) is 4.58. The first kappa shape index (κ1) is 14.0. The van der Waals surface area contributed by atoms with E-state index in [1.165, 1.54) is 0 Å². The monoisotopic (exact) mass is 269 g/mol. The summed E-state index contributed by atoms with van der Waals surface area (Å²) < 4.78 is 0. The Morgan fingerprint density at radius 3 is 1.95 bits per heavy atom. The molecule has 0 fully saturated rings. The Bertz CT molecular complexity index is 610. The summed E-state index contributed by atoms with van der Waals surface area (Å²) in [6, 6.07) is 17.0. The largest absolute Gasteiger partial charge is 0.373 e. The minimum atomic E-state index is -2.23. The van der Waals surface area contributed by atoms with Crippen LogP contribution in [0.15, 0.2) is 60.7 Å². The first-order valence-electron chi connectivity index (χ1n) is 6.20. The Hall–Kier alpha value is -2.46. The Morgan fingerprint density at radius 1 is 0.950 bits per heavy atom. The highest BCUT2D eigenvalue weighted by molar-refractivity contribution is 6.16. The number of hydrogen-bond donors (Lipinski definition) is 2. The summed E-state index contributed by atoms with van der Waals surface area (Å²) >= 11 is 0. The Labute approximate surface area is 116 Å². The Morgan fingerprint density at radius 2 is 1.45 bits per heavy atom. The summed E-state index contributed by atoms with van der Waals surface area (Å²) in [6.45, 7) is 0. The van der Waals surface area contributed by atoms with Crippen LogP contribution in [0.3, 0.4) is 0 Å². The summed E-state index contributed by atoms with van der Waals surface area (Å²) in [4.78, 5) is 24.0. The smallest absolute Gasteiger partial charge is 0.257 e. The molecule has 0 saturated heterocycles. The molecule has 0 aliphatic carbocycles. The third kappa shape index (κ3) is 2.75. The normalized spacial score (nSPS) is 13.4. The SMILES string of the molecule is NC(=O)C(O)(Cc1ccccc1)C(=O)c1ccccc1. The Kier molecular flexibility index (Phi) is 3.96. The van der Waals surface area contributed by atoms with Gasteiger partial charge in [0.15, 0.2) is 0 Å². The lowest BCUT2D eigenvalue weighted by Crippen LogP contribution is -2.52. The molecule has 4 nitrogen and oxygen atoms in total. The van der Waals surface area contributed by atoms with E-state index in [1.54, 1.807) is 54.6 Å². The summed E-state index contributed by atoms with van der Waals surface area (Å²) in [5.74, 6) is -1.73. The molecule has 0 aromatic heterocycles. The number of Topliss-reactive ketones (excluding diaryl/α,β-unsaturated/α-hetero) is 1. The van der Waals surface area contributed by atoms with Gasteiger partial charge in [-0.1, -0.05) is 60.7 Å². The van der Waals surface area contributed by atoms with E-state index >= 15 is 0 Å². The van der Waals surface area contributed by atoms with Crippen LogP contribution < -0.4 is 5.73 Å². The van der Waals surface area contributed by atoms with Crippen LogP contribution in [0.5, 0.6) is 0 Å². The van der Waals surface area contributed by atoms with Gasteiger partial charge in [0.25, 0.3) is 5.91 Å². The van der Waals surface area contributed by atoms with Crippen molar-refractivity contribution < 1.29 is 14.7 Å². The van der Waals surface area contributed by atoms with Crippen LogP contribution in [-0.4, -0.2) is 22.4 Å². The van der Waals surface area contributed by atoms with Crippen molar-refractivity contribution in [3.8, 4) is 0 Å². The zero-order valence-electron chi connectivity index (χ0n) is 10.8. The predicted molar refractivity (Wildman–Crippen MR) is 75.1 cm³/mol. The number of carbonyl (C=O) groups excluding carboxylic acids is 2. The minimum Gasteiger partial charge on any atom is -0.373 e. The van der Waals surface area contributed by atoms with Crippen molar-refractivity contribution in [1.29, 1.82) is 0 Å². The second kappa shape index (κ2) is 5.67. The number of rotatable bonds is 5. The molecule has 0 aliphatic heterocycles. The van der Waals surface area contributed by atoms with Crippen LogP contribution in [0.1, 0.15) is 15.9 Å². The van der Waals surface area contributed by atoms with Gasteiger partial charge in [0, 0.05) is 12.0 Å². The van der Waals surface area contributed by atoms with Crippen molar-refractivity contribution in [3.05, 3.63) is 71.8 Å². The van der Waals surface area contributed by atoms with Crippen molar-refractivity contribution in [2.45, 2.75) is 12.0 Å². The summed E-state index contributed by atoms with van der Waals surface area (Å²) in [5, 5.41) is 10.4. The summed E-state index contributed by atoms with van der Waals surface area (Å²) in [7, 11) is 0. The average Bonchev–Trinajstić information content (AvgIpc) is 2.48. The Balaban J connectivity index is 2.35. The van der Waals surface area contributed by atoms with E-state index in [1.807, 2.05) is 6.07 Å². The number of amides is 1. The molecule has 1 atom stereocenters. The van der Waals surface area contributed by atoms with Crippen molar-refractivity contribution in [2.75, 3.05) is 0 Å². The molecular weight excluding hydrogens is 254 g/mol. The first-order chi connectivity index (χ1) is 9.54. The molecule has 3 N–H and O–H groups in total. The van der Waals surface area contributed by atoms with E-state index in [2.05, 4.69) is 0 Å². The minimum absolute atomic E-state index is 0.142. The summed E-state index contributed by atoms with van der Waals surface area (Å²) in [6.07, 6.45) is -0.142. The topological polar surface area (TPSA) is 80.4 Å². The molecule has 1 amide bonds. The highest BCUT2D eigenvalue weighted by Crippen LogP contribution is 2.19. The quantitative estimate of drug-likeness (QED) is 0.634. The number of hydrogen-bond acceptors (Lipinski definition) is 3. The van der Waals surface area contributed by atoms with E-state index in [0.29, 0.717) is 5.56 Å². The van der Waals surface area contributed by atoms with E-state index in [4.69, 9.17) is 5.73 Å². The maximum absolute atomic E-state index is 12.4. The number of nitrogens with two attached hydrogens (primary N) is 1. The molecule has 102 valence electrons. The molecule has 0 spiro atoms. The van der Waals surface area contributed by atoms with Crippen molar-refractivity contribution in [3.63, 3.8) is 0 Å². The highest BCUT2D eigenvalue weighted by atomic mass is 16.3. The number of benzene rings is 2. The zero-order chi connectivity index (χ0) is 14.6. The van der Waals surface area contributed by atoms with Gasteiger partial charge in [-0.3, -0.25) is 9.59 Å². The lowest BCUT2D eigenvalue weighted by Gasteiger charge is -2.23. The second-order valence-electron chi connectivity index (χ2n) is 4.58. The fraction of sp³-hybridized carbons (Fsp3) is 0.125. The van der Waals surface area contributed by atoms with Gasteiger partial charge in [0.2, 0.25) is 11.4 Å². The third-order valence-corrected chi connectivity index (χ3v) is 3.12. The van der Waals surface area contributed by atoms with Crippen LogP contribution in [-0.2, 0) is 11.2 Å². The van der Waals surface area contributed by atoms with Gasteiger partial charge in [-0.15, -0.1) is 0 Å². The number of carbonyl (C=O) groups is 2. The third-order valence-electron chi connectivity index (χ3n) is 3.12. The molecule has 0 saturated carbocycles. The molecule has 0 aliphatic rings. The van der Waals surface area contributed by atoms with E-state index in [9.17, 15) is 14.7 Å². The first-order valence-corrected chi connectivity index (χ1v) is 6.20. The van der Waals surface area contributed by atoms with Gasteiger partial charge in [0.1, 0.15) is 0 Å². The number of primary amides is 1. The molecule has 2 aromatic rings. The molecule has 2 aromatic carbocycles. The van der Waals surface area contributed by atoms with E-state index in [-0.39, 0.29) is 12.0 Å². The molecule has 20 heavy (non-hydrogen) atoms. The van der Waals surface area contributed by atoms with E-state index in [0.717, 1.165) is 0 Å². The van der Waals surface area contributed by atoms with E-state index < -0.39 is 17.3 Å². The number of ketones is 1. The van der Waals surface area contributed by atoms with Crippen LogP contribution >= 0.6 is 0 Å². The molecule has 1 unspecified atom stereocenters. The van der Waals surface area contributed by atoms with Crippen LogP contribution in [0.4, 0.5) is 0 Å². The standard InChI is InChI=1S/C16H15NO3/c17-15(19)16(20,11-12-7-3-1-4-8-12)14(18)13-9-5-2-6-10-13/h1-10,20H,11H2,(H2,17,19). The molecule has 4 heteroatoms. The molecule has 0 heterocycles. The fourth-order valence-corrected chi connectivity index (χ4v) is 2.00. The number of aliphatic hydroxyl groups is 1. The van der Waals surface area contributed by atoms with Crippen LogP contribution in [0.25, 0.3) is 0 Å². The van der Waals surface area contributed by atoms with Crippen molar-refractivity contribution in [2.24, 2.45) is 5.73 Å². The van der Waals surface area contributed by atoms with Gasteiger partial charge in [0.05, 0.1) is 0 Å². The predicted octanol–water partition coefficient (Wildman–Crippen LogP) is 1.33. The highest BCUT2D eigenvalue weighted by Gasteiger charge is 2.42. The average molecular weight is 269 g/mol.